The van der Waals surface area contributed by atoms with Crippen LogP contribution in [0.1, 0.15) is 24.5 Å². The lowest BCUT2D eigenvalue weighted by atomic mass is 10.1. The first-order valence-electron chi connectivity index (χ1n) is 6.38. The molecule has 5 nitrogen and oxygen atoms in total. The van der Waals surface area contributed by atoms with E-state index in [2.05, 4.69) is 4.72 Å². The third-order valence-corrected chi connectivity index (χ3v) is 5.52. The first-order valence-corrected chi connectivity index (χ1v) is 9.59. The number of sulfonamides is 1. The molecule has 0 amide bonds. The van der Waals surface area contributed by atoms with Crippen LogP contribution in [0, 0.1) is 6.92 Å². The van der Waals surface area contributed by atoms with Crippen molar-refractivity contribution in [2.45, 2.75) is 37.8 Å². The van der Waals surface area contributed by atoms with Crippen LogP contribution in [-0.2, 0) is 27.4 Å². The Morgan fingerprint density at radius 3 is 2.55 bits per heavy atom. The number of aryl methyl sites for hydroxylation is 1. The van der Waals surface area contributed by atoms with E-state index in [9.17, 15) is 12.6 Å². The summed E-state index contributed by atoms with van der Waals surface area (Å²) in [6.07, 6.45) is 2.15. The molecule has 0 saturated carbocycles. The lowest BCUT2D eigenvalue weighted by molar-refractivity contribution is 0.555. The maximum atomic E-state index is 12.3. The molecule has 1 aromatic carbocycles. The van der Waals surface area contributed by atoms with E-state index in [4.69, 9.17) is 5.73 Å². The molecule has 0 aliphatic rings. The van der Waals surface area contributed by atoms with Crippen molar-refractivity contribution in [2.75, 3.05) is 12.0 Å². The summed E-state index contributed by atoms with van der Waals surface area (Å²) in [4.78, 5) is 0.263. The van der Waals surface area contributed by atoms with Gasteiger partial charge in [-0.05, 0) is 37.5 Å². The van der Waals surface area contributed by atoms with Gasteiger partial charge >= 0.3 is 0 Å². The average molecular weight is 318 g/mol. The Morgan fingerprint density at radius 1 is 1.40 bits per heavy atom. The molecule has 1 aromatic rings. The Kier molecular flexibility index (Phi) is 6.32. The third kappa shape index (κ3) is 4.97. The molecule has 0 saturated heterocycles. The number of hydrogen-bond donors (Lipinski definition) is 2. The van der Waals surface area contributed by atoms with Crippen LogP contribution in [0.2, 0.25) is 0 Å². The highest BCUT2D eigenvalue weighted by Crippen LogP contribution is 2.17. The molecule has 0 aliphatic carbocycles. The highest BCUT2D eigenvalue weighted by atomic mass is 32.2. The molecular weight excluding hydrogens is 296 g/mol. The summed E-state index contributed by atoms with van der Waals surface area (Å²) >= 11 is 0. The molecule has 2 unspecified atom stereocenters. The molecule has 7 heteroatoms. The zero-order valence-electron chi connectivity index (χ0n) is 12.0. The van der Waals surface area contributed by atoms with Gasteiger partial charge in [0.15, 0.2) is 0 Å². The minimum absolute atomic E-state index is 0.252. The van der Waals surface area contributed by atoms with E-state index in [1.807, 2.05) is 0 Å². The van der Waals surface area contributed by atoms with Crippen LogP contribution in [-0.4, -0.2) is 30.7 Å². The standard InChI is InChI=1S/C13H22N2O3S2/c1-10-8-12(9-14)4-5-13(10)20(17,18)15-11(2)6-7-19(3)16/h4-5,8,11,15H,6-7,9,14H2,1-3H3. The van der Waals surface area contributed by atoms with E-state index >= 15 is 0 Å². The van der Waals surface area contributed by atoms with Crippen molar-refractivity contribution < 1.29 is 12.6 Å². The summed E-state index contributed by atoms with van der Waals surface area (Å²) < 4.78 is 38.2. The van der Waals surface area contributed by atoms with Crippen molar-refractivity contribution in [2.24, 2.45) is 5.73 Å². The van der Waals surface area contributed by atoms with Crippen molar-refractivity contribution in [3.63, 3.8) is 0 Å². The molecule has 114 valence electrons. The maximum absolute atomic E-state index is 12.3. The predicted octanol–water partition coefficient (Wildman–Crippen LogP) is 0.889. The normalized spacial score (nSPS) is 15.0. The van der Waals surface area contributed by atoms with Gasteiger partial charge in [0, 0.05) is 35.4 Å². The Bertz CT molecular complexity index is 585. The molecule has 0 radical (unpaired) electrons. The first-order chi connectivity index (χ1) is 9.26. The number of benzene rings is 1. The summed E-state index contributed by atoms with van der Waals surface area (Å²) in [6.45, 7) is 3.90. The molecule has 20 heavy (non-hydrogen) atoms. The molecule has 1 rings (SSSR count). The lowest BCUT2D eigenvalue weighted by Gasteiger charge is -2.15. The summed E-state index contributed by atoms with van der Waals surface area (Å²) in [5, 5.41) is 0. The fraction of sp³-hybridized carbons (Fsp3) is 0.538. The van der Waals surface area contributed by atoms with Crippen LogP contribution in [0.25, 0.3) is 0 Å². The zero-order valence-corrected chi connectivity index (χ0v) is 13.7. The largest absolute Gasteiger partial charge is 0.326 e. The van der Waals surface area contributed by atoms with Gasteiger partial charge in [-0.15, -0.1) is 0 Å². The molecule has 0 bridgehead atoms. The number of hydrogen-bond acceptors (Lipinski definition) is 4. The fourth-order valence-electron chi connectivity index (χ4n) is 1.87. The Labute approximate surface area is 123 Å². The van der Waals surface area contributed by atoms with Gasteiger partial charge in [-0.2, -0.15) is 0 Å². The molecule has 3 N–H and O–H groups in total. The Balaban J connectivity index is 2.86. The van der Waals surface area contributed by atoms with E-state index in [1.165, 1.54) is 0 Å². The summed E-state index contributed by atoms with van der Waals surface area (Å²) in [5.74, 6) is 0.481. The Morgan fingerprint density at radius 2 is 2.05 bits per heavy atom. The monoisotopic (exact) mass is 318 g/mol. The van der Waals surface area contributed by atoms with E-state index < -0.39 is 20.8 Å². The second-order valence-electron chi connectivity index (χ2n) is 4.89. The molecule has 0 spiro atoms. The van der Waals surface area contributed by atoms with Crippen LogP contribution in [0.5, 0.6) is 0 Å². The molecular formula is C13H22N2O3S2. The highest BCUT2D eigenvalue weighted by Gasteiger charge is 2.19. The van der Waals surface area contributed by atoms with Crippen LogP contribution < -0.4 is 10.5 Å². The van der Waals surface area contributed by atoms with Crippen LogP contribution in [0.4, 0.5) is 0 Å². The number of nitrogens with one attached hydrogen (secondary N) is 1. The van der Waals surface area contributed by atoms with Gasteiger partial charge in [0.25, 0.3) is 0 Å². The van der Waals surface area contributed by atoms with Gasteiger partial charge in [-0.3, -0.25) is 4.21 Å². The minimum atomic E-state index is -3.55. The van der Waals surface area contributed by atoms with E-state index in [0.717, 1.165) is 5.56 Å². The Hall–Kier alpha value is -0.760. The highest BCUT2D eigenvalue weighted by molar-refractivity contribution is 7.89. The van der Waals surface area contributed by atoms with Crippen LogP contribution in [0.3, 0.4) is 0 Å². The van der Waals surface area contributed by atoms with E-state index in [0.29, 0.717) is 24.3 Å². The van der Waals surface area contributed by atoms with Gasteiger partial charge in [0.2, 0.25) is 10.0 Å². The van der Waals surface area contributed by atoms with Gasteiger partial charge in [-0.25, -0.2) is 13.1 Å². The fourth-order valence-corrected chi connectivity index (χ4v) is 4.06. The summed E-state index contributed by atoms with van der Waals surface area (Å²) in [5.41, 5.74) is 7.10. The molecule has 0 fully saturated rings. The molecule has 0 aromatic heterocycles. The second-order valence-corrected chi connectivity index (χ2v) is 8.13. The van der Waals surface area contributed by atoms with Crippen molar-refractivity contribution in [3.05, 3.63) is 29.3 Å². The van der Waals surface area contributed by atoms with E-state index in [1.54, 1.807) is 38.3 Å². The minimum Gasteiger partial charge on any atom is -0.326 e. The molecule has 0 heterocycles. The van der Waals surface area contributed by atoms with Crippen molar-refractivity contribution in [1.82, 2.24) is 4.72 Å². The smallest absolute Gasteiger partial charge is 0.241 e. The van der Waals surface area contributed by atoms with Crippen molar-refractivity contribution >= 4 is 20.8 Å². The predicted molar refractivity (Wildman–Crippen MR) is 82.4 cm³/mol. The second kappa shape index (κ2) is 7.31. The van der Waals surface area contributed by atoms with Gasteiger partial charge in [0.1, 0.15) is 0 Å². The number of nitrogens with two attached hydrogens (primary N) is 1. The van der Waals surface area contributed by atoms with Crippen molar-refractivity contribution in [1.29, 1.82) is 0 Å². The topological polar surface area (TPSA) is 89.3 Å². The SMILES string of the molecule is Cc1cc(CN)ccc1S(=O)(=O)NC(C)CCS(C)=O. The molecule has 0 aliphatic heterocycles. The first kappa shape index (κ1) is 17.3. The van der Waals surface area contributed by atoms with Gasteiger partial charge < -0.3 is 5.73 Å². The average Bonchev–Trinajstić information content (AvgIpc) is 2.35. The molecule has 2 atom stereocenters. The van der Waals surface area contributed by atoms with Gasteiger partial charge in [0.05, 0.1) is 4.90 Å². The van der Waals surface area contributed by atoms with E-state index in [-0.39, 0.29) is 10.9 Å². The summed E-state index contributed by atoms with van der Waals surface area (Å²) in [7, 11) is -4.47. The van der Waals surface area contributed by atoms with Gasteiger partial charge in [-0.1, -0.05) is 12.1 Å². The zero-order chi connectivity index (χ0) is 15.3. The number of rotatable bonds is 7. The lowest BCUT2D eigenvalue weighted by Crippen LogP contribution is -2.34. The van der Waals surface area contributed by atoms with Crippen molar-refractivity contribution in [3.8, 4) is 0 Å². The maximum Gasteiger partial charge on any atom is 0.241 e. The van der Waals surface area contributed by atoms with Crippen LogP contribution >= 0.6 is 0 Å². The van der Waals surface area contributed by atoms with Crippen LogP contribution in [0.15, 0.2) is 23.1 Å². The third-order valence-electron chi connectivity index (χ3n) is 2.96. The quantitative estimate of drug-likeness (QED) is 0.781. The summed E-state index contributed by atoms with van der Waals surface area (Å²) in [6, 6.07) is 4.82.